The van der Waals surface area contributed by atoms with E-state index in [1.54, 1.807) is 12.1 Å². The lowest BCUT2D eigenvalue weighted by Gasteiger charge is -1.93. The van der Waals surface area contributed by atoms with Crippen LogP contribution >= 0.6 is 11.8 Å². The molecule has 1 aromatic heterocycles. The molecule has 3 nitrogen and oxygen atoms in total. The second-order valence-corrected chi connectivity index (χ2v) is 1.85. The van der Waals surface area contributed by atoms with Crippen molar-refractivity contribution in [3.05, 3.63) is 30.1 Å². The first-order chi connectivity index (χ1) is 4.84. The van der Waals surface area contributed by atoms with Crippen molar-refractivity contribution < 1.29 is 4.79 Å². The Balaban J connectivity index is 2.85. The van der Waals surface area contributed by atoms with E-state index >= 15 is 0 Å². The van der Waals surface area contributed by atoms with Crippen LogP contribution in [0.15, 0.2) is 24.5 Å². The monoisotopic (exact) mass is 156 g/mol. The fourth-order valence-corrected chi connectivity index (χ4v) is 0.667. The van der Waals surface area contributed by atoms with Crippen LogP contribution in [0.25, 0.3) is 0 Å². The first kappa shape index (κ1) is 7.02. The molecule has 1 heterocycles. The van der Waals surface area contributed by atoms with Gasteiger partial charge in [0.05, 0.1) is 0 Å². The van der Waals surface area contributed by atoms with Gasteiger partial charge in [0.2, 0.25) is 0 Å². The van der Waals surface area contributed by atoms with Gasteiger partial charge < -0.3 is 0 Å². The van der Waals surface area contributed by atoms with E-state index in [4.69, 9.17) is 11.8 Å². The van der Waals surface area contributed by atoms with Gasteiger partial charge in [0, 0.05) is 29.7 Å². The summed E-state index contributed by atoms with van der Waals surface area (Å²) in [6.45, 7) is 0. The second kappa shape index (κ2) is 3.17. The summed E-state index contributed by atoms with van der Waals surface area (Å²) < 4.78 is 0. The summed E-state index contributed by atoms with van der Waals surface area (Å²) in [6.07, 6.45) is 3.06. The van der Waals surface area contributed by atoms with Crippen LogP contribution in [0, 0.1) is 0 Å². The van der Waals surface area contributed by atoms with Gasteiger partial charge >= 0.3 is 0 Å². The summed E-state index contributed by atoms with van der Waals surface area (Å²) in [6, 6.07) is 3.16. The van der Waals surface area contributed by atoms with Crippen LogP contribution in [0.5, 0.6) is 0 Å². The Labute approximate surface area is 63.1 Å². The summed E-state index contributed by atoms with van der Waals surface area (Å²) in [5, 5.41) is 0. The molecular weight excluding hydrogens is 152 g/mol. The first-order valence-corrected chi connectivity index (χ1v) is 3.03. The normalized spacial score (nSPS) is 8.90. The molecule has 0 aliphatic rings. The summed E-state index contributed by atoms with van der Waals surface area (Å²) in [5.41, 5.74) is 0.505. The number of carbonyl (C=O) groups is 1. The van der Waals surface area contributed by atoms with Crippen LogP contribution in [-0.4, -0.2) is 10.9 Å². The topological polar surface area (TPSA) is 42.0 Å². The largest absolute Gasteiger partial charge is 0.268 e. The molecule has 0 saturated heterocycles. The minimum atomic E-state index is -0.316. The predicted octanol–water partition coefficient (Wildman–Crippen LogP) is 0.965. The third-order valence-electron chi connectivity index (χ3n) is 1.03. The van der Waals surface area contributed by atoms with Crippen LogP contribution in [0.3, 0.4) is 0 Å². The van der Waals surface area contributed by atoms with Gasteiger partial charge in [-0.3, -0.25) is 14.6 Å². The molecular formula is C6H5ClN2O. The molecule has 52 valence electrons. The number of halogens is 1. The fourth-order valence-electron chi connectivity index (χ4n) is 0.558. The molecule has 0 radical (unpaired) electrons. The Morgan fingerprint density at radius 2 is 2.10 bits per heavy atom. The molecule has 1 rings (SSSR count). The van der Waals surface area contributed by atoms with Crippen LogP contribution in [0.4, 0.5) is 0 Å². The standard InChI is InChI=1S/C6H5ClN2O/c7-9-6(10)5-1-3-8-4-2-5/h1-4H,(H,9,10). The molecule has 1 N–H and O–H groups in total. The molecule has 0 fully saturated rings. The molecule has 0 bridgehead atoms. The smallest absolute Gasteiger partial charge is 0.265 e. The number of nitrogens with zero attached hydrogens (tertiary/aromatic N) is 1. The zero-order chi connectivity index (χ0) is 7.40. The van der Waals surface area contributed by atoms with Crippen LogP contribution in [0.1, 0.15) is 10.4 Å². The molecule has 0 unspecified atom stereocenters. The van der Waals surface area contributed by atoms with Gasteiger partial charge in [-0.2, -0.15) is 0 Å². The van der Waals surface area contributed by atoms with E-state index in [1.807, 2.05) is 4.84 Å². The number of amides is 1. The SMILES string of the molecule is O=C(NCl)c1ccncc1. The number of rotatable bonds is 1. The van der Waals surface area contributed by atoms with E-state index in [9.17, 15) is 4.79 Å². The van der Waals surface area contributed by atoms with Gasteiger partial charge in [0.15, 0.2) is 0 Å². The Morgan fingerprint density at radius 1 is 1.50 bits per heavy atom. The predicted molar refractivity (Wildman–Crippen MR) is 37.6 cm³/mol. The highest BCUT2D eigenvalue weighted by molar-refractivity contribution is 6.24. The number of nitrogens with one attached hydrogen (secondary N) is 1. The van der Waals surface area contributed by atoms with Gasteiger partial charge in [-0.25, -0.2) is 0 Å². The number of aromatic nitrogens is 1. The van der Waals surface area contributed by atoms with Gasteiger partial charge in [0.25, 0.3) is 5.91 Å². The summed E-state index contributed by atoms with van der Waals surface area (Å²) in [5.74, 6) is -0.316. The fraction of sp³-hybridized carbons (Fsp3) is 0. The number of hydrogen-bond donors (Lipinski definition) is 1. The van der Waals surface area contributed by atoms with Gasteiger partial charge in [-0.05, 0) is 12.1 Å². The van der Waals surface area contributed by atoms with Crippen molar-refractivity contribution in [2.45, 2.75) is 0 Å². The second-order valence-electron chi connectivity index (χ2n) is 1.66. The van der Waals surface area contributed by atoms with E-state index in [2.05, 4.69) is 4.98 Å². The van der Waals surface area contributed by atoms with Crippen molar-refractivity contribution >= 4 is 17.7 Å². The molecule has 1 amide bonds. The quantitative estimate of drug-likeness (QED) is 0.616. The molecule has 10 heavy (non-hydrogen) atoms. The van der Waals surface area contributed by atoms with Crippen molar-refractivity contribution in [1.29, 1.82) is 0 Å². The van der Waals surface area contributed by atoms with Crippen molar-refractivity contribution in [2.75, 3.05) is 0 Å². The average molecular weight is 157 g/mol. The molecule has 1 aromatic rings. The maximum Gasteiger partial charge on any atom is 0.265 e. The summed E-state index contributed by atoms with van der Waals surface area (Å²) >= 11 is 5.07. The zero-order valence-corrected chi connectivity index (χ0v) is 5.80. The molecule has 0 saturated carbocycles. The summed E-state index contributed by atoms with van der Waals surface area (Å²) in [7, 11) is 0. The maximum absolute atomic E-state index is 10.7. The highest BCUT2D eigenvalue weighted by atomic mass is 35.5. The molecule has 0 atom stereocenters. The van der Waals surface area contributed by atoms with Gasteiger partial charge in [-0.1, -0.05) is 0 Å². The van der Waals surface area contributed by atoms with Gasteiger partial charge in [-0.15, -0.1) is 0 Å². The molecule has 4 heteroatoms. The Hall–Kier alpha value is -1.09. The first-order valence-electron chi connectivity index (χ1n) is 2.65. The minimum absolute atomic E-state index is 0.316. The molecule has 0 spiro atoms. The van der Waals surface area contributed by atoms with Crippen LogP contribution in [0.2, 0.25) is 0 Å². The molecule has 0 aliphatic heterocycles. The minimum Gasteiger partial charge on any atom is -0.268 e. The zero-order valence-electron chi connectivity index (χ0n) is 5.04. The third-order valence-corrected chi connectivity index (χ3v) is 1.20. The lowest BCUT2D eigenvalue weighted by molar-refractivity contribution is 0.0981. The van der Waals surface area contributed by atoms with Crippen LogP contribution < -0.4 is 4.84 Å². The number of pyridine rings is 1. The van der Waals surface area contributed by atoms with Crippen molar-refractivity contribution in [1.82, 2.24) is 9.82 Å². The summed E-state index contributed by atoms with van der Waals surface area (Å²) in [4.78, 5) is 16.5. The number of carbonyl (C=O) groups excluding carboxylic acids is 1. The lowest BCUT2D eigenvalue weighted by Crippen LogP contribution is -2.11. The third kappa shape index (κ3) is 1.45. The highest BCUT2D eigenvalue weighted by Gasteiger charge is 1.99. The van der Waals surface area contributed by atoms with E-state index in [0.29, 0.717) is 5.56 Å². The molecule has 0 aliphatic carbocycles. The van der Waals surface area contributed by atoms with Crippen molar-refractivity contribution in [3.63, 3.8) is 0 Å². The maximum atomic E-state index is 10.7. The Bertz CT molecular complexity index is 224. The van der Waals surface area contributed by atoms with Gasteiger partial charge in [0.1, 0.15) is 0 Å². The van der Waals surface area contributed by atoms with Crippen molar-refractivity contribution in [2.24, 2.45) is 0 Å². The molecule has 0 aromatic carbocycles. The van der Waals surface area contributed by atoms with E-state index < -0.39 is 0 Å². The Morgan fingerprint density at radius 3 is 2.60 bits per heavy atom. The lowest BCUT2D eigenvalue weighted by atomic mass is 10.3. The average Bonchev–Trinajstić information content (AvgIpc) is 2.05. The van der Waals surface area contributed by atoms with E-state index in [-0.39, 0.29) is 5.91 Å². The Kier molecular flexibility index (Phi) is 2.23. The van der Waals surface area contributed by atoms with E-state index in [0.717, 1.165) is 0 Å². The van der Waals surface area contributed by atoms with Crippen molar-refractivity contribution in [3.8, 4) is 0 Å². The van der Waals surface area contributed by atoms with Crippen LogP contribution in [-0.2, 0) is 0 Å². The van der Waals surface area contributed by atoms with E-state index in [1.165, 1.54) is 12.4 Å². The highest BCUT2D eigenvalue weighted by Crippen LogP contribution is 1.94. The number of hydrogen-bond acceptors (Lipinski definition) is 2.